The van der Waals surface area contributed by atoms with Crippen LogP contribution in [0.25, 0.3) is 0 Å². The number of piperidine rings is 1. The fourth-order valence-electron chi connectivity index (χ4n) is 2.27. The highest BCUT2D eigenvalue weighted by atomic mass is 16.7. The molecule has 0 N–H and O–H groups in total. The van der Waals surface area contributed by atoms with Gasteiger partial charge in [0.25, 0.3) is 0 Å². The Morgan fingerprint density at radius 3 is 2.73 bits per heavy atom. The molecule has 0 aliphatic carbocycles. The Hall–Kier alpha value is -0.380. The molecule has 3 heteroatoms. The summed E-state index contributed by atoms with van der Waals surface area (Å²) < 4.78 is 11.5. The molecule has 0 amide bonds. The average Bonchev–Trinajstić information content (AvgIpc) is 2.63. The summed E-state index contributed by atoms with van der Waals surface area (Å²) in [5.41, 5.74) is 1.38. The molecule has 0 bridgehead atoms. The molecular formula is C12H21NO2. The molecule has 15 heavy (non-hydrogen) atoms. The quantitative estimate of drug-likeness (QED) is 0.650. The van der Waals surface area contributed by atoms with Gasteiger partial charge in [0.15, 0.2) is 5.79 Å². The van der Waals surface area contributed by atoms with Crippen molar-refractivity contribution < 1.29 is 9.47 Å². The fourth-order valence-corrected chi connectivity index (χ4v) is 2.27. The van der Waals surface area contributed by atoms with E-state index in [0.29, 0.717) is 0 Å². The van der Waals surface area contributed by atoms with Gasteiger partial charge in [0.2, 0.25) is 0 Å². The number of likely N-dealkylation sites (tertiary alicyclic amines) is 1. The Bertz CT molecular complexity index is 240. The maximum Gasteiger partial charge on any atom is 0.181 e. The van der Waals surface area contributed by atoms with Crippen LogP contribution in [0.5, 0.6) is 0 Å². The molecule has 2 rings (SSSR count). The summed E-state index contributed by atoms with van der Waals surface area (Å²) in [6.07, 6.45) is 4.50. The lowest BCUT2D eigenvalue weighted by Crippen LogP contribution is -2.48. The maximum absolute atomic E-state index is 5.73. The van der Waals surface area contributed by atoms with E-state index in [1.807, 2.05) is 0 Å². The molecule has 0 saturated carbocycles. The molecular weight excluding hydrogens is 190 g/mol. The molecule has 0 aromatic carbocycles. The first-order valence-electron chi connectivity index (χ1n) is 5.84. The van der Waals surface area contributed by atoms with Crippen molar-refractivity contribution >= 4 is 0 Å². The summed E-state index contributed by atoms with van der Waals surface area (Å²) >= 11 is 0. The first kappa shape index (κ1) is 11.1. The molecule has 2 aliphatic heterocycles. The molecule has 0 atom stereocenters. The van der Waals surface area contributed by atoms with E-state index in [4.69, 9.17) is 9.47 Å². The lowest BCUT2D eigenvalue weighted by molar-refractivity contribution is -0.188. The topological polar surface area (TPSA) is 21.7 Å². The molecule has 2 fully saturated rings. The summed E-state index contributed by atoms with van der Waals surface area (Å²) in [5.74, 6) is -0.270. The van der Waals surface area contributed by atoms with Crippen molar-refractivity contribution in [2.75, 3.05) is 32.8 Å². The van der Waals surface area contributed by atoms with Crippen molar-refractivity contribution in [3.05, 3.63) is 11.6 Å². The first-order chi connectivity index (χ1) is 7.20. The third kappa shape index (κ3) is 2.80. The second-order valence-electron chi connectivity index (χ2n) is 4.73. The minimum Gasteiger partial charge on any atom is -0.346 e. The van der Waals surface area contributed by atoms with Gasteiger partial charge in [-0.1, -0.05) is 11.6 Å². The Kier molecular flexibility index (Phi) is 3.44. The molecule has 0 aromatic rings. The van der Waals surface area contributed by atoms with Crippen LogP contribution < -0.4 is 0 Å². The van der Waals surface area contributed by atoms with E-state index in [-0.39, 0.29) is 5.79 Å². The van der Waals surface area contributed by atoms with E-state index in [1.165, 1.54) is 12.0 Å². The van der Waals surface area contributed by atoms with Crippen LogP contribution in [0.3, 0.4) is 0 Å². The minimum absolute atomic E-state index is 0.270. The minimum atomic E-state index is -0.270. The molecule has 3 nitrogen and oxygen atoms in total. The highest BCUT2D eigenvalue weighted by molar-refractivity contribution is 4.96. The number of hydrogen-bond acceptors (Lipinski definition) is 3. The van der Waals surface area contributed by atoms with Crippen molar-refractivity contribution in [1.82, 2.24) is 4.90 Å². The molecule has 0 radical (unpaired) electrons. The molecule has 0 aromatic heterocycles. The van der Waals surface area contributed by atoms with Gasteiger partial charge in [0.1, 0.15) is 0 Å². The van der Waals surface area contributed by atoms with Gasteiger partial charge in [-0.15, -0.1) is 0 Å². The van der Waals surface area contributed by atoms with Crippen molar-refractivity contribution in [2.24, 2.45) is 0 Å². The summed E-state index contributed by atoms with van der Waals surface area (Å²) in [7, 11) is 0. The van der Waals surface area contributed by atoms with Gasteiger partial charge < -0.3 is 9.47 Å². The number of allylic oxidation sites excluding steroid dienone is 1. The van der Waals surface area contributed by atoms with Gasteiger partial charge in [-0.3, -0.25) is 4.90 Å². The second-order valence-corrected chi connectivity index (χ2v) is 4.73. The molecule has 2 aliphatic rings. The van der Waals surface area contributed by atoms with Gasteiger partial charge >= 0.3 is 0 Å². The standard InChI is InChI=1S/C12H21NO2/c1-11(2)4-7-13-6-3-5-12(10-13)14-8-9-15-12/h4H,3,5-10H2,1-2H3. The van der Waals surface area contributed by atoms with E-state index in [0.717, 1.165) is 39.3 Å². The Labute approximate surface area is 92.0 Å². The maximum atomic E-state index is 5.73. The third-order valence-electron chi connectivity index (χ3n) is 3.07. The van der Waals surface area contributed by atoms with E-state index < -0.39 is 0 Å². The molecule has 0 unspecified atom stereocenters. The summed E-state index contributed by atoms with van der Waals surface area (Å²) in [4.78, 5) is 2.42. The van der Waals surface area contributed by atoms with E-state index in [9.17, 15) is 0 Å². The van der Waals surface area contributed by atoms with Gasteiger partial charge in [0, 0.05) is 13.0 Å². The normalized spacial score (nSPS) is 25.7. The van der Waals surface area contributed by atoms with E-state index in [2.05, 4.69) is 24.8 Å². The smallest absolute Gasteiger partial charge is 0.181 e. The van der Waals surface area contributed by atoms with Crippen LogP contribution >= 0.6 is 0 Å². The first-order valence-corrected chi connectivity index (χ1v) is 5.84. The average molecular weight is 211 g/mol. The van der Waals surface area contributed by atoms with Crippen molar-refractivity contribution in [2.45, 2.75) is 32.5 Å². The van der Waals surface area contributed by atoms with Gasteiger partial charge in [-0.2, -0.15) is 0 Å². The van der Waals surface area contributed by atoms with Crippen molar-refractivity contribution in [3.8, 4) is 0 Å². The molecule has 86 valence electrons. The SMILES string of the molecule is CC(C)=CCN1CCCC2(C1)OCCO2. The van der Waals surface area contributed by atoms with Crippen molar-refractivity contribution in [1.29, 1.82) is 0 Å². The van der Waals surface area contributed by atoms with E-state index >= 15 is 0 Å². The molecule has 2 saturated heterocycles. The van der Waals surface area contributed by atoms with Crippen LogP contribution in [0, 0.1) is 0 Å². The van der Waals surface area contributed by atoms with Crippen LogP contribution in [-0.4, -0.2) is 43.5 Å². The third-order valence-corrected chi connectivity index (χ3v) is 3.07. The monoisotopic (exact) mass is 211 g/mol. The van der Waals surface area contributed by atoms with Gasteiger partial charge in [0.05, 0.1) is 19.8 Å². The number of rotatable bonds is 2. The largest absolute Gasteiger partial charge is 0.346 e. The zero-order valence-corrected chi connectivity index (χ0v) is 9.79. The zero-order chi connectivity index (χ0) is 10.7. The predicted molar refractivity (Wildman–Crippen MR) is 59.7 cm³/mol. The number of ether oxygens (including phenoxy) is 2. The van der Waals surface area contributed by atoms with Crippen LogP contribution in [0.15, 0.2) is 11.6 Å². The molecule has 1 spiro atoms. The highest BCUT2D eigenvalue weighted by Crippen LogP contribution is 2.29. The van der Waals surface area contributed by atoms with Crippen LogP contribution in [-0.2, 0) is 9.47 Å². The highest BCUT2D eigenvalue weighted by Gasteiger charge is 2.40. The van der Waals surface area contributed by atoms with Crippen LogP contribution in [0.1, 0.15) is 26.7 Å². The fraction of sp³-hybridized carbons (Fsp3) is 0.833. The van der Waals surface area contributed by atoms with Gasteiger partial charge in [-0.05, 0) is 26.8 Å². The van der Waals surface area contributed by atoms with Crippen LogP contribution in [0.4, 0.5) is 0 Å². The predicted octanol–water partition coefficient (Wildman–Crippen LogP) is 1.79. The molecule has 2 heterocycles. The number of hydrogen-bond donors (Lipinski definition) is 0. The van der Waals surface area contributed by atoms with Crippen LogP contribution in [0.2, 0.25) is 0 Å². The number of nitrogens with zero attached hydrogens (tertiary/aromatic N) is 1. The van der Waals surface area contributed by atoms with E-state index in [1.54, 1.807) is 0 Å². The summed E-state index contributed by atoms with van der Waals surface area (Å²) in [6.45, 7) is 8.92. The lowest BCUT2D eigenvalue weighted by atomic mass is 10.0. The lowest BCUT2D eigenvalue weighted by Gasteiger charge is -2.38. The Morgan fingerprint density at radius 1 is 1.33 bits per heavy atom. The van der Waals surface area contributed by atoms with Crippen molar-refractivity contribution in [3.63, 3.8) is 0 Å². The second kappa shape index (κ2) is 4.64. The zero-order valence-electron chi connectivity index (χ0n) is 9.79. The Balaban J connectivity index is 1.89. The summed E-state index contributed by atoms with van der Waals surface area (Å²) in [5, 5.41) is 0. The van der Waals surface area contributed by atoms with Gasteiger partial charge in [-0.25, -0.2) is 0 Å². The Morgan fingerprint density at radius 2 is 2.07 bits per heavy atom. The summed E-state index contributed by atoms with van der Waals surface area (Å²) in [6, 6.07) is 0.